The van der Waals surface area contributed by atoms with Crippen molar-refractivity contribution in [2.45, 2.75) is 27.0 Å². The summed E-state index contributed by atoms with van der Waals surface area (Å²) in [6, 6.07) is 5.73. The van der Waals surface area contributed by atoms with Crippen molar-refractivity contribution >= 4 is 33.2 Å². The highest BCUT2D eigenvalue weighted by Crippen LogP contribution is 2.41. The second-order valence-corrected chi connectivity index (χ2v) is 7.60. The lowest BCUT2D eigenvalue weighted by Gasteiger charge is -2.11. The molecule has 2 N–H and O–H groups in total. The molecule has 144 valence electrons. The summed E-state index contributed by atoms with van der Waals surface area (Å²) < 4.78 is 8.43. The van der Waals surface area contributed by atoms with Gasteiger partial charge in [0.15, 0.2) is 0 Å². The number of hydrogen-bond acceptors (Lipinski definition) is 7. The topological polar surface area (TPSA) is 85.1 Å². The molecule has 0 saturated carbocycles. The summed E-state index contributed by atoms with van der Waals surface area (Å²) in [7, 11) is 1.64. The molecule has 28 heavy (non-hydrogen) atoms. The summed E-state index contributed by atoms with van der Waals surface area (Å²) >= 11 is 1.65. The molecule has 4 aromatic rings. The van der Waals surface area contributed by atoms with Crippen molar-refractivity contribution in [2.24, 2.45) is 0 Å². The van der Waals surface area contributed by atoms with Crippen LogP contribution in [0.5, 0.6) is 5.75 Å². The lowest BCUT2D eigenvalue weighted by molar-refractivity contribution is 0.281. The molecule has 0 unspecified atom stereocenters. The van der Waals surface area contributed by atoms with Gasteiger partial charge >= 0.3 is 0 Å². The number of benzene rings is 1. The number of aryl methyl sites for hydroxylation is 2. The van der Waals surface area contributed by atoms with Crippen molar-refractivity contribution in [2.75, 3.05) is 12.4 Å². The SMILES string of the molecule is CCn1cc(Nc2ncc3sc(C)c(-c4ccc(CO)cc4OC)c3n2)cn1. The monoisotopic (exact) mass is 395 g/mol. The molecule has 0 aliphatic carbocycles. The first-order valence-electron chi connectivity index (χ1n) is 8.96. The number of rotatable bonds is 6. The average molecular weight is 395 g/mol. The Morgan fingerprint density at radius 2 is 2.14 bits per heavy atom. The van der Waals surface area contributed by atoms with Crippen LogP contribution in [0.4, 0.5) is 11.6 Å². The fourth-order valence-corrected chi connectivity index (χ4v) is 4.14. The first kappa shape index (κ1) is 18.4. The largest absolute Gasteiger partial charge is 0.496 e. The Bertz CT molecular complexity index is 1140. The number of aliphatic hydroxyl groups excluding tert-OH is 1. The predicted octanol–water partition coefficient (Wildman–Crippen LogP) is 4.13. The van der Waals surface area contributed by atoms with Gasteiger partial charge in [0, 0.05) is 28.7 Å². The van der Waals surface area contributed by atoms with E-state index >= 15 is 0 Å². The summed E-state index contributed by atoms with van der Waals surface area (Å²) in [6.07, 6.45) is 5.52. The van der Waals surface area contributed by atoms with E-state index in [0.717, 1.165) is 44.0 Å². The molecule has 8 heteroatoms. The van der Waals surface area contributed by atoms with Gasteiger partial charge in [-0.05, 0) is 25.5 Å². The van der Waals surface area contributed by atoms with Crippen LogP contribution >= 0.6 is 11.3 Å². The molecule has 0 bridgehead atoms. The minimum Gasteiger partial charge on any atom is -0.496 e. The molecular weight excluding hydrogens is 374 g/mol. The van der Waals surface area contributed by atoms with Gasteiger partial charge in [0.2, 0.25) is 5.95 Å². The van der Waals surface area contributed by atoms with E-state index in [1.807, 2.05) is 42.2 Å². The third kappa shape index (κ3) is 3.32. The van der Waals surface area contributed by atoms with Gasteiger partial charge in [-0.15, -0.1) is 11.3 Å². The third-order valence-corrected chi connectivity index (χ3v) is 5.57. The molecule has 3 aromatic heterocycles. The van der Waals surface area contributed by atoms with Crippen molar-refractivity contribution in [1.82, 2.24) is 19.7 Å². The first-order valence-corrected chi connectivity index (χ1v) is 9.78. The normalized spacial score (nSPS) is 11.1. The highest BCUT2D eigenvalue weighted by Gasteiger charge is 2.18. The first-order chi connectivity index (χ1) is 13.6. The number of anilines is 2. The molecule has 0 radical (unpaired) electrons. The van der Waals surface area contributed by atoms with E-state index in [1.165, 1.54) is 0 Å². The smallest absolute Gasteiger partial charge is 0.227 e. The number of fused-ring (bicyclic) bond motifs is 1. The summed E-state index contributed by atoms with van der Waals surface area (Å²) in [6.45, 7) is 4.88. The maximum absolute atomic E-state index is 9.41. The fourth-order valence-electron chi connectivity index (χ4n) is 3.16. The zero-order valence-electron chi connectivity index (χ0n) is 15.9. The van der Waals surface area contributed by atoms with Crippen molar-refractivity contribution in [3.05, 3.63) is 47.2 Å². The molecule has 0 amide bonds. The molecule has 0 aliphatic heterocycles. The number of hydrogen-bond donors (Lipinski definition) is 2. The van der Waals surface area contributed by atoms with Gasteiger partial charge in [-0.1, -0.05) is 12.1 Å². The van der Waals surface area contributed by atoms with Crippen LogP contribution in [0.2, 0.25) is 0 Å². The molecule has 7 nitrogen and oxygen atoms in total. The Balaban J connectivity index is 1.79. The number of nitrogens with one attached hydrogen (secondary N) is 1. The van der Waals surface area contributed by atoms with Crippen LogP contribution in [0.3, 0.4) is 0 Å². The number of aliphatic hydroxyl groups is 1. The fraction of sp³-hybridized carbons (Fsp3) is 0.250. The highest BCUT2D eigenvalue weighted by molar-refractivity contribution is 7.19. The standard InChI is InChI=1S/C20H21N5O2S/c1-4-25-10-14(8-22-25)23-20-21-9-17-19(24-20)18(12(2)28-17)15-6-5-13(11-26)7-16(15)27-3/h5-10,26H,4,11H2,1-3H3,(H,21,23,24). The lowest BCUT2D eigenvalue weighted by atomic mass is 10.0. The second kappa shape index (κ2) is 7.57. The summed E-state index contributed by atoms with van der Waals surface area (Å²) in [5.41, 5.74) is 4.50. The Morgan fingerprint density at radius 1 is 1.29 bits per heavy atom. The van der Waals surface area contributed by atoms with E-state index in [-0.39, 0.29) is 6.61 Å². The predicted molar refractivity (Wildman–Crippen MR) is 111 cm³/mol. The van der Waals surface area contributed by atoms with Gasteiger partial charge in [-0.2, -0.15) is 5.10 Å². The average Bonchev–Trinajstić information content (AvgIpc) is 3.30. The number of thiophene rings is 1. The molecule has 0 aliphatic rings. The van der Waals surface area contributed by atoms with Crippen LogP contribution in [0.1, 0.15) is 17.4 Å². The Hall–Kier alpha value is -2.97. The number of aromatic nitrogens is 4. The summed E-state index contributed by atoms with van der Waals surface area (Å²) in [5, 5.41) is 16.9. The van der Waals surface area contributed by atoms with Crippen molar-refractivity contribution in [3.63, 3.8) is 0 Å². The molecule has 0 atom stereocenters. The zero-order valence-corrected chi connectivity index (χ0v) is 16.7. The van der Waals surface area contributed by atoms with E-state index < -0.39 is 0 Å². The van der Waals surface area contributed by atoms with Gasteiger partial charge in [0.1, 0.15) is 5.75 Å². The number of nitrogens with zero attached hydrogens (tertiary/aromatic N) is 4. The van der Waals surface area contributed by atoms with Gasteiger partial charge in [0.25, 0.3) is 0 Å². The van der Waals surface area contributed by atoms with Gasteiger partial charge in [-0.25, -0.2) is 9.97 Å². The van der Waals surface area contributed by atoms with Crippen LogP contribution in [0.15, 0.2) is 36.8 Å². The maximum Gasteiger partial charge on any atom is 0.227 e. The quantitative estimate of drug-likeness (QED) is 0.511. The van der Waals surface area contributed by atoms with Gasteiger partial charge < -0.3 is 15.2 Å². The molecule has 1 aromatic carbocycles. The Labute approximate surface area is 166 Å². The maximum atomic E-state index is 9.41. The van der Waals surface area contributed by atoms with Crippen LogP contribution in [-0.2, 0) is 13.2 Å². The van der Waals surface area contributed by atoms with Crippen LogP contribution in [0.25, 0.3) is 21.3 Å². The van der Waals surface area contributed by atoms with E-state index in [4.69, 9.17) is 9.72 Å². The van der Waals surface area contributed by atoms with Crippen molar-refractivity contribution in [1.29, 1.82) is 0 Å². The van der Waals surface area contributed by atoms with Crippen LogP contribution < -0.4 is 10.1 Å². The molecule has 0 saturated heterocycles. The van der Waals surface area contributed by atoms with Crippen molar-refractivity contribution < 1.29 is 9.84 Å². The third-order valence-electron chi connectivity index (χ3n) is 4.54. The lowest BCUT2D eigenvalue weighted by Crippen LogP contribution is -1.97. The van der Waals surface area contributed by atoms with E-state index in [0.29, 0.717) is 11.7 Å². The second-order valence-electron chi connectivity index (χ2n) is 6.34. The Kier molecular flexibility index (Phi) is 4.97. The zero-order chi connectivity index (χ0) is 19.7. The Morgan fingerprint density at radius 3 is 2.86 bits per heavy atom. The molecule has 0 spiro atoms. The van der Waals surface area contributed by atoms with E-state index in [9.17, 15) is 5.11 Å². The molecule has 0 fully saturated rings. The van der Waals surface area contributed by atoms with Crippen molar-refractivity contribution in [3.8, 4) is 16.9 Å². The molecule has 3 heterocycles. The van der Waals surface area contributed by atoms with E-state index in [1.54, 1.807) is 24.6 Å². The number of methoxy groups -OCH3 is 1. The highest BCUT2D eigenvalue weighted by atomic mass is 32.1. The van der Waals surface area contributed by atoms with Gasteiger partial charge in [0.05, 0.1) is 42.0 Å². The molecular formula is C20H21N5O2S. The number of ether oxygens (including phenoxy) is 1. The summed E-state index contributed by atoms with van der Waals surface area (Å²) in [4.78, 5) is 10.3. The minimum atomic E-state index is -0.0261. The van der Waals surface area contributed by atoms with E-state index in [2.05, 4.69) is 22.3 Å². The van der Waals surface area contributed by atoms with Crippen LogP contribution in [0, 0.1) is 6.92 Å². The summed E-state index contributed by atoms with van der Waals surface area (Å²) in [5.74, 6) is 1.24. The van der Waals surface area contributed by atoms with Crippen LogP contribution in [-0.4, -0.2) is 32.0 Å². The van der Waals surface area contributed by atoms with Gasteiger partial charge in [-0.3, -0.25) is 4.68 Å². The molecule has 4 rings (SSSR count). The minimum absolute atomic E-state index is 0.0261.